The second-order valence-corrected chi connectivity index (χ2v) is 9.09. The maximum absolute atomic E-state index is 9.05. The van der Waals surface area contributed by atoms with Crippen molar-refractivity contribution in [1.82, 2.24) is 0 Å². The zero-order chi connectivity index (χ0) is 14.1. The summed E-state index contributed by atoms with van der Waals surface area (Å²) in [6.07, 6.45) is 0.786. The number of aliphatic hydroxyl groups excluding tert-OH is 1. The van der Waals surface area contributed by atoms with E-state index < -0.39 is 23.9 Å². The predicted octanol–water partition coefficient (Wildman–Crippen LogP) is 5.47. The molecule has 0 fully saturated rings. The lowest BCUT2D eigenvalue weighted by molar-refractivity contribution is 0.263. The molecule has 1 N–H and O–H groups in total. The van der Waals surface area contributed by atoms with Crippen molar-refractivity contribution in [3.8, 4) is 0 Å². The highest BCUT2D eigenvalue weighted by molar-refractivity contribution is 6.73. The lowest BCUT2D eigenvalue weighted by Gasteiger charge is -2.45. The Hall–Kier alpha value is 2.28. The van der Waals surface area contributed by atoms with E-state index in [0.29, 0.717) is 6.42 Å². The summed E-state index contributed by atoms with van der Waals surface area (Å²) in [6.45, 7) is 1.04. The van der Waals surface area contributed by atoms with Crippen LogP contribution in [-0.4, -0.2) is 29.0 Å². The van der Waals surface area contributed by atoms with Crippen LogP contribution in [0.5, 0.6) is 0 Å². The average Bonchev–Trinajstić information content (AvgIpc) is 2.16. The van der Waals surface area contributed by atoms with Gasteiger partial charge in [0.1, 0.15) is 0 Å². The molecule has 0 aromatic carbocycles. The third kappa shape index (κ3) is 3.68. The van der Waals surface area contributed by atoms with Crippen molar-refractivity contribution in [2.24, 2.45) is 0 Å². The SMILES string of the molecule is CCCC(Cl)(Cl)C(Cl)(Cl)C(Cl)(Cl)C(Cl)(Cl)CO. The van der Waals surface area contributed by atoms with E-state index in [1.165, 1.54) is 0 Å². The molecule has 0 saturated carbocycles. The van der Waals surface area contributed by atoms with E-state index >= 15 is 0 Å². The molecule has 0 spiro atoms. The first-order chi connectivity index (χ1) is 7.37. The fourth-order valence-corrected chi connectivity index (χ4v) is 3.32. The van der Waals surface area contributed by atoms with Crippen LogP contribution in [0.2, 0.25) is 0 Å². The highest BCUT2D eigenvalue weighted by atomic mass is 35.6. The van der Waals surface area contributed by atoms with E-state index in [1.54, 1.807) is 0 Å². The van der Waals surface area contributed by atoms with Crippen LogP contribution in [0.15, 0.2) is 0 Å². The first-order valence-electron chi connectivity index (χ1n) is 4.49. The largest absolute Gasteiger partial charge is 0.393 e. The summed E-state index contributed by atoms with van der Waals surface area (Å²) < 4.78 is -7.98. The van der Waals surface area contributed by atoms with Gasteiger partial charge in [-0.25, -0.2) is 0 Å². The van der Waals surface area contributed by atoms with E-state index in [9.17, 15) is 0 Å². The van der Waals surface area contributed by atoms with Crippen molar-refractivity contribution in [2.45, 2.75) is 37.1 Å². The molecule has 0 unspecified atom stereocenters. The quantitative estimate of drug-likeness (QED) is 0.581. The van der Waals surface area contributed by atoms with Crippen molar-refractivity contribution in [2.75, 3.05) is 6.61 Å². The van der Waals surface area contributed by atoms with Crippen LogP contribution in [0.4, 0.5) is 0 Å². The summed E-state index contributed by atoms with van der Waals surface area (Å²) in [7, 11) is 0. The number of alkyl halides is 8. The third-order valence-electron chi connectivity index (χ3n) is 2.08. The van der Waals surface area contributed by atoms with Crippen molar-refractivity contribution in [3.05, 3.63) is 0 Å². The normalized spacial score (nSPS) is 15.2. The van der Waals surface area contributed by atoms with E-state index in [1.807, 2.05) is 6.92 Å². The topological polar surface area (TPSA) is 20.2 Å². The van der Waals surface area contributed by atoms with Crippen LogP contribution in [0, 0.1) is 0 Å². The highest BCUT2D eigenvalue weighted by Crippen LogP contribution is 2.61. The van der Waals surface area contributed by atoms with Crippen molar-refractivity contribution in [3.63, 3.8) is 0 Å². The molecule has 104 valence electrons. The third-order valence-corrected chi connectivity index (χ3v) is 7.41. The molecule has 0 aliphatic heterocycles. The predicted molar refractivity (Wildman–Crippen MR) is 79.7 cm³/mol. The number of hydrogen-bond donors (Lipinski definition) is 1. The Morgan fingerprint density at radius 1 is 0.765 bits per heavy atom. The lowest BCUT2D eigenvalue weighted by Crippen LogP contribution is -2.59. The summed E-state index contributed by atoms with van der Waals surface area (Å²) in [5.74, 6) is 0. The van der Waals surface area contributed by atoms with Crippen LogP contribution in [0.25, 0.3) is 0 Å². The van der Waals surface area contributed by atoms with Crippen LogP contribution in [-0.2, 0) is 0 Å². The van der Waals surface area contributed by atoms with Gasteiger partial charge in [-0.3, -0.25) is 0 Å². The Kier molecular flexibility index (Phi) is 7.22. The molecule has 0 atom stereocenters. The van der Waals surface area contributed by atoms with Crippen LogP contribution >= 0.6 is 92.8 Å². The minimum Gasteiger partial charge on any atom is -0.393 e. The molecular formula is C8H10Cl8O. The van der Waals surface area contributed by atoms with Gasteiger partial charge in [0, 0.05) is 0 Å². The van der Waals surface area contributed by atoms with Gasteiger partial charge in [-0.2, -0.15) is 0 Å². The molecule has 0 rings (SSSR count). The lowest BCUT2D eigenvalue weighted by atomic mass is 10.1. The van der Waals surface area contributed by atoms with Gasteiger partial charge in [0.2, 0.25) is 0 Å². The Bertz CT molecular complexity index is 262. The molecule has 0 saturated heterocycles. The maximum Gasteiger partial charge on any atom is 0.188 e. The van der Waals surface area contributed by atoms with E-state index in [2.05, 4.69) is 0 Å². The maximum atomic E-state index is 9.05. The van der Waals surface area contributed by atoms with Gasteiger partial charge in [0.15, 0.2) is 17.3 Å². The summed E-state index contributed by atoms with van der Waals surface area (Å²) >= 11 is 47.5. The minimum absolute atomic E-state index is 0.208. The monoisotopic (exact) mass is 402 g/mol. The number of halogens is 8. The summed E-state index contributed by atoms with van der Waals surface area (Å²) in [5.41, 5.74) is 0. The number of rotatable bonds is 6. The highest BCUT2D eigenvalue weighted by Gasteiger charge is 2.67. The van der Waals surface area contributed by atoms with Gasteiger partial charge in [0.05, 0.1) is 6.61 Å². The standard InChI is InChI=1S/C8H10Cl8O/c1-2-3-5(9,10)7(13,14)8(15,16)6(11,12)4-17/h17H,2-4H2,1H3. The first kappa shape index (κ1) is 19.3. The molecule has 1 nitrogen and oxygen atoms in total. The zero-order valence-electron chi connectivity index (χ0n) is 8.59. The van der Waals surface area contributed by atoms with Gasteiger partial charge in [-0.05, 0) is 6.42 Å². The molecule has 0 heterocycles. The molecule has 0 aliphatic rings. The van der Waals surface area contributed by atoms with Gasteiger partial charge < -0.3 is 5.11 Å². The van der Waals surface area contributed by atoms with Crippen LogP contribution in [0.3, 0.4) is 0 Å². The first-order valence-corrected chi connectivity index (χ1v) is 7.52. The van der Waals surface area contributed by atoms with Crippen LogP contribution < -0.4 is 0 Å². The molecule has 0 bridgehead atoms. The molecule has 0 aromatic rings. The van der Waals surface area contributed by atoms with Crippen LogP contribution in [0.1, 0.15) is 19.8 Å². The summed E-state index contributed by atoms with van der Waals surface area (Å²) in [5, 5.41) is 9.05. The average molecular weight is 406 g/mol. The van der Waals surface area contributed by atoms with Crippen molar-refractivity contribution < 1.29 is 5.11 Å². The Labute approximate surface area is 141 Å². The summed E-state index contributed by atoms with van der Waals surface area (Å²) in [6, 6.07) is 0. The van der Waals surface area contributed by atoms with Gasteiger partial charge in [-0.1, -0.05) is 106 Å². The zero-order valence-corrected chi connectivity index (χ0v) is 14.6. The molecule has 0 radical (unpaired) electrons. The Morgan fingerprint density at radius 2 is 1.12 bits per heavy atom. The van der Waals surface area contributed by atoms with E-state index in [0.717, 1.165) is 0 Å². The van der Waals surface area contributed by atoms with Gasteiger partial charge >= 0.3 is 0 Å². The Balaban J connectivity index is 5.44. The number of aliphatic hydroxyl groups is 1. The molecule has 9 heteroatoms. The summed E-state index contributed by atoms with van der Waals surface area (Å²) in [4.78, 5) is 0. The molecule has 0 aliphatic carbocycles. The number of hydrogen-bond acceptors (Lipinski definition) is 1. The fourth-order valence-electron chi connectivity index (χ4n) is 1.03. The second-order valence-electron chi connectivity index (χ2n) is 3.47. The molecule has 17 heavy (non-hydrogen) atoms. The van der Waals surface area contributed by atoms with E-state index in [-0.39, 0.29) is 6.42 Å². The fraction of sp³-hybridized carbons (Fsp3) is 1.00. The van der Waals surface area contributed by atoms with Gasteiger partial charge in [-0.15, -0.1) is 0 Å². The minimum atomic E-state index is -2.18. The van der Waals surface area contributed by atoms with E-state index in [4.69, 9.17) is 97.9 Å². The van der Waals surface area contributed by atoms with Crippen molar-refractivity contribution >= 4 is 92.8 Å². The van der Waals surface area contributed by atoms with Gasteiger partial charge in [0.25, 0.3) is 0 Å². The Morgan fingerprint density at radius 3 is 1.41 bits per heavy atom. The molecule has 0 amide bonds. The molecule has 0 aromatic heterocycles. The van der Waals surface area contributed by atoms with Crippen molar-refractivity contribution in [1.29, 1.82) is 0 Å². The smallest absolute Gasteiger partial charge is 0.188 e. The second kappa shape index (κ2) is 6.37. The molecular weight excluding hydrogens is 396 g/mol.